The maximum atomic E-state index is 13.6. The van der Waals surface area contributed by atoms with Crippen LogP contribution >= 0.6 is 11.6 Å². The molecule has 2 aromatic rings. The number of hydrogen-bond acceptors (Lipinski definition) is 3. The number of nitrogens with one attached hydrogen (secondary N) is 1. The average Bonchev–Trinajstić information content (AvgIpc) is 2.43. The number of nitrogens with two attached hydrogens (primary N) is 1. The van der Waals surface area contributed by atoms with Gasteiger partial charge in [-0.15, -0.1) is 0 Å². The molecule has 4 nitrogen and oxygen atoms in total. The van der Waals surface area contributed by atoms with Gasteiger partial charge in [-0.3, -0.25) is 4.72 Å². The summed E-state index contributed by atoms with van der Waals surface area (Å²) in [6, 6.07) is 6.90. The highest BCUT2D eigenvalue weighted by Crippen LogP contribution is 2.27. The Hall–Kier alpha value is -1.70. The molecule has 2 aromatic carbocycles. The first-order valence-corrected chi connectivity index (χ1v) is 7.66. The van der Waals surface area contributed by atoms with Gasteiger partial charge in [0.05, 0.1) is 9.92 Å². The molecule has 3 N–H and O–H groups in total. The zero-order chi connectivity index (χ0) is 15.6. The first kappa shape index (κ1) is 15.7. The van der Waals surface area contributed by atoms with Crippen molar-refractivity contribution >= 4 is 27.3 Å². The van der Waals surface area contributed by atoms with E-state index in [-0.39, 0.29) is 27.7 Å². The van der Waals surface area contributed by atoms with E-state index in [0.717, 1.165) is 24.3 Å². The lowest BCUT2D eigenvalue weighted by Crippen LogP contribution is -2.15. The van der Waals surface area contributed by atoms with Crippen molar-refractivity contribution < 1.29 is 17.2 Å². The topological polar surface area (TPSA) is 72.2 Å². The Morgan fingerprint density at radius 1 is 1.14 bits per heavy atom. The van der Waals surface area contributed by atoms with Crippen molar-refractivity contribution in [3.8, 4) is 0 Å². The number of para-hydroxylation sites is 1. The molecule has 0 saturated heterocycles. The first-order valence-electron chi connectivity index (χ1n) is 5.80. The van der Waals surface area contributed by atoms with Gasteiger partial charge in [-0.25, -0.2) is 17.2 Å². The third-order valence-electron chi connectivity index (χ3n) is 2.75. The Kier molecular flexibility index (Phi) is 4.46. The molecular formula is C13H11ClF2N2O2S. The van der Waals surface area contributed by atoms with E-state index in [1.165, 1.54) is 12.1 Å². The van der Waals surface area contributed by atoms with Crippen molar-refractivity contribution in [1.29, 1.82) is 0 Å². The molecule has 21 heavy (non-hydrogen) atoms. The molecule has 0 aliphatic heterocycles. The van der Waals surface area contributed by atoms with Crippen molar-refractivity contribution in [3.63, 3.8) is 0 Å². The van der Waals surface area contributed by atoms with Crippen LogP contribution in [0, 0.1) is 11.6 Å². The van der Waals surface area contributed by atoms with Crippen LogP contribution in [0.4, 0.5) is 14.5 Å². The average molecular weight is 333 g/mol. The van der Waals surface area contributed by atoms with E-state index in [1.54, 1.807) is 0 Å². The molecule has 0 fully saturated rings. The molecule has 0 aromatic heterocycles. The van der Waals surface area contributed by atoms with Crippen LogP contribution in [0.25, 0.3) is 0 Å². The maximum absolute atomic E-state index is 13.6. The van der Waals surface area contributed by atoms with E-state index in [1.807, 2.05) is 4.72 Å². The molecule has 0 unspecified atom stereocenters. The van der Waals surface area contributed by atoms with Crippen molar-refractivity contribution in [2.24, 2.45) is 5.73 Å². The summed E-state index contributed by atoms with van der Waals surface area (Å²) in [5, 5.41) is -0.0836. The predicted octanol–water partition coefficient (Wildman–Crippen LogP) is 2.88. The van der Waals surface area contributed by atoms with Gasteiger partial charge in [0.15, 0.2) is 0 Å². The second-order valence-electron chi connectivity index (χ2n) is 4.16. The second-order valence-corrected chi connectivity index (χ2v) is 6.25. The summed E-state index contributed by atoms with van der Waals surface area (Å²) in [6.07, 6.45) is 0. The van der Waals surface area contributed by atoms with Crippen LogP contribution < -0.4 is 10.5 Å². The highest BCUT2D eigenvalue weighted by Gasteiger charge is 2.19. The monoisotopic (exact) mass is 332 g/mol. The van der Waals surface area contributed by atoms with Gasteiger partial charge in [0.2, 0.25) is 0 Å². The molecule has 8 heteroatoms. The van der Waals surface area contributed by atoms with Crippen LogP contribution in [0.15, 0.2) is 41.3 Å². The van der Waals surface area contributed by atoms with Gasteiger partial charge in [-0.1, -0.05) is 17.7 Å². The Bertz CT molecular complexity index is 761. The van der Waals surface area contributed by atoms with E-state index < -0.39 is 21.7 Å². The molecule has 0 bridgehead atoms. The summed E-state index contributed by atoms with van der Waals surface area (Å²) in [5.41, 5.74) is 5.00. The highest BCUT2D eigenvalue weighted by atomic mass is 35.5. The van der Waals surface area contributed by atoms with Gasteiger partial charge in [0, 0.05) is 12.1 Å². The highest BCUT2D eigenvalue weighted by molar-refractivity contribution is 7.92. The molecular weight excluding hydrogens is 322 g/mol. The van der Waals surface area contributed by atoms with E-state index >= 15 is 0 Å². The zero-order valence-electron chi connectivity index (χ0n) is 10.6. The van der Waals surface area contributed by atoms with Crippen molar-refractivity contribution in [3.05, 3.63) is 58.6 Å². The lowest BCUT2D eigenvalue weighted by atomic mass is 10.2. The fourth-order valence-electron chi connectivity index (χ4n) is 1.66. The molecule has 2 rings (SSSR count). The zero-order valence-corrected chi connectivity index (χ0v) is 12.2. The van der Waals surface area contributed by atoms with Crippen LogP contribution in [-0.2, 0) is 16.6 Å². The molecule has 0 amide bonds. The lowest BCUT2D eigenvalue weighted by molar-refractivity contribution is 0.594. The molecule has 0 heterocycles. The Morgan fingerprint density at radius 3 is 2.48 bits per heavy atom. The molecule has 0 spiro atoms. The van der Waals surface area contributed by atoms with Gasteiger partial charge in [-0.05, 0) is 30.3 Å². The van der Waals surface area contributed by atoms with Gasteiger partial charge >= 0.3 is 0 Å². The Labute approximate surface area is 125 Å². The van der Waals surface area contributed by atoms with E-state index in [2.05, 4.69) is 0 Å². The molecule has 112 valence electrons. The summed E-state index contributed by atoms with van der Waals surface area (Å²) >= 11 is 5.76. The largest absolute Gasteiger partial charge is 0.326 e. The van der Waals surface area contributed by atoms with Crippen LogP contribution in [0.1, 0.15) is 5.56 Å². The third kappa shape index (κ3) is 3.31. The standard InChI is InChI=1S/C13H11ClF2N2O2S/c14-10-2-1-3-12(16)13(10)18-21(19,20)9-4-5-11(15)8(6-9)7-17/h1-6,18H,7,17H2. The summed E-state index contributed by atoms with van der Waals surface area (Å²) in [4.78, 5) is -0.233. The fourth-order valence-corrected chi connectivity index (χ4v) is 3.07. The number of sulfonamides is 1. The van der Waals surface area contributed by atoms with Crippen LogP contribution in [-0.4, -0.2) is 8.42 Å². The molecule has 0 atom stereocenters. The maximum Gasteiger partial charge on any atom is 0.262 e. The van der Waals surface area contributed by atoms with Gasteiger partial charge in [0.1, 0.15) is 17.3 Å². The Morgan fingerprint density at radius 2 is 1.86 bits per heavy atom. The number of benzene rings is 2. The molecule has 0 saturated carbocycles. The minimum absolute atomic E-state index is 0.0394. The molecule has 0 aliphatic rings. The van der Waals surface area contributed by atoms with Crippen molar-refractivity contribution in [2.45, 2.75) is 11.4 Å². The van der Waals surface area contributed by atoms with Crippen molar-refractivity contribution in [1.82, 2.24) is 0 Å². The summed E-state index contributed by atoms with van der Waals surface area (Å²) in [5.74, 6) is -1.42. The van der Waals surface area contributed by atoms with Crippen molar-refractivity contribution in [2.75, 3.05) is 4.72 Å². The third-order valence-corrected chi connectivity index (χ3v) is 4.41. The summed E-state index contributed by atoms with van der Waals surface area (Å²) < 4.78 is 53.4. The summed E-state index contributed by atoms with van der Waals surface area (Å²) in [6.45, 7) is -0.157. The van der Waals surface area contributed by atoms with Crippen LogP contribution in [0.5, 0.6) is 0 Å². The first-order chi connectivity index (χ1) is 9.85. The number of rotatable bonds is 4. The van der Waals surface area contributed by atoms with Crippen LogP contribution in [0.3, 0.4) is 0 Å². The molecule has 0 aliphatic carbocycles. The van der Waals surface area contributed by atoms with E-state index in [4.69, 9.17) is 17.3 Å². The number of anilines is 1. The van der Waals surface area contributed by atoms with E-state index in [0.29, 0.717) is 0 Å². The van der Waals surface area contributed by atoms with E-state index in [9.17, 15) is 17.2 Å². The normalized spacial score (nSPS) is 11.4. The van der Waals surface area contributed by atoms with Gasteiger partial charge < -0.3 is 5.73 Å². The second kappa shape index (κ2) is 5.97. The SMILES string of the molecule is NCc1cc(S(=O)(=O)Nc2c(F)cccc2Cl)ccc1F. The molecule has 0 radical (unpaired) electrons. The quantitative estimate of drug-likeness (QED) is 0.904. The summed E-state index contributed by atoms with van der Waals surface area (Å²) in [7, 11) is -4.10. The van der Waals surface area contributed by atoms with Crippen LogP contribution in [0.2, 0.25) is 5.02 Å². The minimum atomic E-state index is -4.10. The predicted molar refractivity (Wildman–Crippen MR) is 76.5 cm³/mol. The Balaban J connectivity index is 2.44. The fraction of sp³-hybridized carbons (Fsp3) is 0.0769. The number of hydrogen-bond donors (Lipinski definition) is 2. The number of halogens is 3. The van der Waals surface area contributed by atoms with Gasteiger partial charge in [-0.2, -0.15) is 0 Å². The minimum Gasteiger partial charge on any atom is -0.326 e. The smallest absolute Gasteiger partial charge is 0.262 e. The van der Waals surface area contributed by atoms with Gasteiger partial charge in [0.25, 0.3) is 10.0 Å². The lowest BCUT2D eigenvalue weighted by Gasteiger charge is -2.11.